The van der Waals surface area contributed by atoms with Crippen molar-refractivity contribution in [1.29, 1.82) is 0 Å². The average Bonchev–Trinajstić information content (AvgIpc) is 2.26. The van der Waals surface area contributed by atoms with E-state index in [9.17, 15) is 0 Å². The van der Waals surface area contributed by atoms with E-state index in [-0.39, 0.29) is 0 Å². The van der Waals surface area contributed by atoms with Gasteiger partial charge >= 0.3 is 0 Å². The molecule has 0 spiro atoms. The van der Waals surface area contributed by atoms with Crippen LogP contribution >= 0.6 is 0 Å². The summed E-state index contributed by atoms with van der Waals surface area (Å²) in [6, 6.07) is 1.29. The van der Waals surface area contributed by atoms with Gasteiger partial charge < -0.3 is 15.4 Å². The Bertz CT molecular complexity index is 261. The van der Waals surface area contributed by atoms with Crippen molar-refractivity contribution < 1.29 is 4.74 Å². The predicted octanol–water partition coefficient (Wildman–Crippen LogP) is 1.28. The molecular formula is C13H24N2O. The number of morpholine rings is 1. The van der Waals surface area contributed by atoms with Gasteiger partial charge in [0.1, 0.15) is 0 Å². The monoisotopic (exact) mass is 224 g/mol. The molecule has 0 aromatic heterocycles. The zero-order valence-electron chi connectivity index (χ0n) is 10.5. The van der Waals surface area contributed by atoms with Crippen LogP contribution in [-0.4, -0.2) is 36.9 Å². The minimum absolute atomic E-state index is 0.358. The van der Waals surface area contributed by atoms with Crippen molar-refractivity contribution >= 4 is 0 Å². The van der Waals surface area contributed by atoms with Crippen LogP contribution in [0.1, 0.15) is 39.5 Å². The van der Waals surface area contributed by atoms with Gasteiger partial charge in [-0.25, -0.2) is 0 Å². The van der Waals surface area contributed by atoms with Crippen LogP contribution in [-0.2, 0) is 4.74 Å². The second-order valence-corrected chi connectivity index (χ2v) is 6.09. The molecule has 0 amide bonds. The van der Waals surface area contributed by atoms with Crippen LogP contribution in [0.4, 0.5) is 0 Å². The van der Waals surface area contributed by atoms with Gasteiger partial charge in [0.15, 0.2) is 0 Å². The van der Waals surface area contributed by atoms with E-state index in [1.54, 1.807) is 0 Å². The maximum Gasteiger partial charge on any atom is 0.0732 e. The van der Waals surface area contributed by atoms with Crippen LogP contribution in [0.3, 0.4) is 0 Å². The second kappa shape index (κ2) is 3.97. The largest absolute Gasteiger partial charge is 0.375 e. The maximum atomic E-state index is 5.91. The quantitative estimate of drug-likeness (QED) is 0.704. The Balaban J connectivity index is 1.73. The number of hydrogen-bond donors (Lipinski definition) is 2. The first-order chi connectivity index (χ1) is 7.69. The maximum absolute atomic E-state index is 5.91. The van der Waals surface area contributed by atoms with Crippen LogP contribution in [0.5, 0.6) is 0 Å². The van der Waals surface area contributed by atoms with E-state index >= 15 is 0 Å². The van der Waals surface area contributed by atoms with Crippen molar-refractivity contribution in [2.75, 3.05) is 13.2 Å². The first-order valence-electron chi connectivity index (χ1n) is 6.82. The summed E-state index contributed by atoms with van der Waals surface area (Å²) >= 11 is 0. The summed E-state index contributed by atoms with van der Waals surface area (Å²) in [5.74, 6) is 0.753. The standard InChI is InChI=1S/C13H24N2O/c1-9-8-13(2,15-9)10-4-3-5-11-12(10)14-6-7-16-11/h9-12,14-15H,3-8H2,1-2H3. The summed E-state index contributed by atoms with van der Waals surface area (Å²) in [5, 5.41) is 7.42. The van der Waals surface area contributed by atoms with E-state index in [0.717, 1.165) is 19.1 Å². The summed E-state index contributed by atoms with van der Waals surface area (Å²) in [7, 11) is 0. The van der Waals surface area contributed by atoms with Crippen LogP contribution < -0.4 is 10.6 Å². The fourth-order valence-corrected chi connectivity index (χ4v) is 4.20. The molecule has 2 N–H and O–H groups in total. The van der Waals surface area contributed by atoms with Crippen LogP contribution in [0, 0.1) is 5.92 Å². The Kier molecular flexibility index (Phi) is 2.73. The van der Waals surface area contributed by atoms with Crippen LogP contribution in [0.15, 0.2) is 0 Å². The van der Waals surface area contributed by atoms with Gasteiger partial charge in [-0.1, -0.05) is 6.42 Å². The highest BCUT2D eigenvalue weighted by Gasteiger charge is 2.50. The molecule has 2 aliphatic heterocycles. The lowest BCUT2D eigenvalue weighted by Crippen LogP contribution is -2.70. The molecule has 3 heteroatoms. The summed E-state index contributed by atoms with van der Waals surface area (Å²) in [4.78, 5) is 0. The molecule has 1 aliphatic carbocycles. The Labute approximate surface area is 98.3 Å². The lowest BCUT2D eigenvalue weighted by atomic mass is 9.65. The molecule has 2 heterocycles. The van der Waals surface area contributed by atoms with E-state index in [1.165, 1.54) is 25.7 Å². The smallest absolute Gasteiger partial charge is 0.0732 e. The summed E-state index contributed by atoms with van der Waals surface area (Å²) in [6.07, 6.45) is 5.73. The normalized spacial score (nSPS) is 52.9. The Hall–Kier alpha value is -0.120. The highest BCUT2D eigenvalue weighted by Crippen LogP contribution is 2.41. The summed E-state index contributed by atoms with van der Waals surface area (Å²) in [5.41, 5.74) is 0.358. The number of nitrogens with one attached hydrogen (secondary N) is 2. The molecular weight excluding hydrogens is 200 g/mol. The Morgan fingerprint density at radius 2 is 2.12 bits per heavy atom. The second-order valence-electron chi connectivity index (χ2n) is 6.09. The molecule has 1 saturated carbocycles. The van der Waals surface area contributed by atoms with Crippen molar-refractivity contribution in [3.05, 3.63) is 0 Å². The van der Waals surface area contributed by atoms with Crippen LogP contribution in [0.2, 0.25) is 0 Å². The molecule has 3 fully saturated rings. The zero-order chi connectivity index (χ0) is 11.2. The highest BCUT2D eigenvalue weighted by atomic mass is 16.5. The minimum atomic E-state index is 0.358. The topological polar surface area (TPSA) is 33.3 Å². The number of rotatable bonds is 1. The average molecular weight is 224 g/mol. The molecule has 0 radical (unpaired) electrons. The molecule has 3 rings (SSSR count). The van der Waals surface area contributed by atoms with E-state index in [1.807, 2.05) is 0 Å². The Morgan fingerprint density at radius 1 is 1.31 bits per heavy atom. The van der Waals surface area contributed by atoms with Gasteiger partial charge in [0.05, 0.1) is 12.7 Å². The molecule has 92 valence electrons. The van der Waals surface area contributed by atoms with Gasteiger partial charge in [-0.2, -0.15) is 0 Å². The first kappa shape index (κ1) is 11.0. The number of fused-ring (bicyclic) bond motifs is 1. The van der Waals surface area contributed by atoms with Crippen molar-refractivity contribution in [1.82, 2.24) is 10.6 Å². The SMILES string of the molecule is CC1CC(C)(C2CCCC3OCCNC32)N1. The number of hydrogen-bond acceptors (Lipinski definition) is 3. The van der Waals surface area contributed by atoms with Crippen LogP contribution in [0.25, 0.3) is 0 Å². The van der Waals surface area contributed by atoms with Gasteiger partial charge in [-0.05, 0) is 39.0 Å². The van der Waals surface area contributed by atoms with Crippen molar-refractivity contribution in [3.8, 4) is 0 Å². The molecule has 5 unspecified atom stereocenters. The first-order valence-corrected chi connectivity index (χ1v) is 6.82. The Morgan fingerprint density at radius 3 is 2.88 bits per heavy atom. The highest BCUT2D eigenvalue weighted by molar-refractivity contribution is 5.08. The number of ether oxygens (including phenoxy) is 1. The molecule has 16 heavy (non-hydrogen) atoms. The zero-order valence-corrected chi connectivity index (χ0v) is 10.5. The molecule has 0 aromatic carbocycles. The molecule has 3 nitrogen and oxygen atoms in total. The third-order valence-corrected chi connectivity index (χ3v) is 4.78. The predicted molar refractivity (Wildman–Crippen MR) is 64.5 cm³/mol. The summed E-state index contributed by atoms with van der Waals surface area (Å²) in [6.45, 7) is 6.61. The van der Waals surface area contributed by atoms with E-state index in [2.05, 4.69) is 24.5 Å². The molecule has 0 aromatic rings. The lowest BCUT2D eigenvalue weighted by molar-refractivity contribution is -0.0742. The van der Waals surface area contributed by atoms with Gasteiger partial charge in [0.2, 0.25) is 0 Å². The molecule has 3 aliphatic rings. The van der Waals surface area contributed by atoms with Crippen molar-refractivity contribution in [2.24, 2.45) is 5.92 Å². The van der Waals surface area contributed by atoms with Gasteiger partial charge in [-0.15, -0.1) is 0 Å². The van der Waals surface area contributed by atoms with E-state index < -0.39 is 0 Å². The van der Waals surface area contributed by atoms with Crippen molar-refractivity contribution in [3.63, 3.8) is 0 Å². The third-order valence-electron chi connectivity index (χ3n) is 4.78. The fraction of sp³-hybridized carbons (Fsp3) is 1.00. The van der Waals surface area contributed by atoms with E-state index in [4.69, 9.17) is 4.74 Å². The van der Waals surface area contributed by atoms with Gasteiger partial charge in [-0.3, -0.25) is 0 Å². The lowest BCUT2D eigenvalue weighted by Gasteiger charge is -2.56. The minimum Gasteiger partial charge on any atom is -0.375 e. The van der Waals surface area contributed by atoms with Gasteiger partial charge in [0.25, 0.3) is 0 Å². The molecule has 2 saturated heterocycles. The van der Waals surface area contributed by atoms with E-state index in [0.29, 0.717) is 23.7 Å². The molecule has 0 bridgehead atoms. The third kappa shape index (κ3) is 1.69. The summed E-state index contributed by atoms with van der Waals surface area (Å²) < 4.78 is 5.91. The van der Waals surface area contributed by atoms with Crippen molar-refractivity contribution in [2.45, 2.75) is 63.3 Å². The molecule has 5 atom stereocenters. The van der Waals surface area contributed by atoms with Gasteiger partial charge in [0, 0.05) is 24.2 Å². The fourth-order valence-electron chi connectivity index (χ4n) is 4.20.